The van der Waals surface area contributed by atoms with Crippen molar-refractivity contribution in [2.24, 2.45) is 17.8 Å². The summed E-state index contributed by atoms with van der Waals surface area (Å²) in [6.07, 6.45) is 14.6. The first-order chi connectivity index (χ1) is 11.7. The van der Waals surface area contributed by atoms with E-state index in [1.807, 2.05) is 0 Å². The quantitative estimate of drug-likeness (QED) is 0.763. The molecule has 5 fully saturated rings. The van der Waals surface area contributed by atoms with E-state index in [9.17, 15) is 5.11 Å². The summed E-state index contributed by atoms with van der Waals surface area (Å²) >= 11 is 0. The Morgan fingerprint density at radius 1 is 1.00 bits per heavy atom. The van der Waals surface area contributed by atoms with Crippen LogP contribution in [0.3, 0.4) is 0 Å². The Kier molecular flexibility index (Phi) is 5.22. The third kappa shape index (κ3) is 3.68. The van der Waals surface area contributed by atoms with E-state index in [-0.39, 0.29) is 11.7 Å². The summed E-state index contributed by atoms with van der Waals surface area (Å²) in [5.74, 6) is 2.76. The van der Waals surface area contributed by atoms with Crippen LogP contribution in [0.1, 0.15) is 77.6 Å². The predicted octanol–water partition coefficient (Wildman–Crippen LogP) is 3.99. The zero-order chi connectivity index (χ0) is 16.6. The number of aliphatic hydroxyl groups is 1. The molecule has 1 N–H and O–H groups in total. The van der Waals surface area contributed by atoms with Crippen molar-refractivity contribution >= 4 is 0 Å². The topological polar surface area (TPSA) is 32.7 Å². The molecule has 0 aromatic rings. The normalized spacial score (nSPS) is 40.4. The maximum absolute atomic E-state index is 10.6. The fourth-order valence-electron chi connectivity index (χ4n) is 6.79. The summed E-state index contributed by atoms with van der Waals surface area (Å²) in [5.41, 5.74) is 0.137. The van der Waals surface area contributed by atoms with Gasteiger partial charge in [-0.2, -0.15) is 0 Å². The van der Waals surface area contributed by atoms with Gasteiger partial charge in [-0.05, 0) is 75.7 Å². The van der Waals surface area contributed by atoms with Crippen molar-refractivity contribution in [1.29, 1.82) is 0 Å². The number of hydrogen-bond acceptors (Lipinski definition) is 3. The number of aliphatic hydroxyl groups excluding tert-OH is 1. The average molecular weight is 336 g/mol. The van der Waals surface area contributed by atoms with E-state index < -0.39 is 0 Å². The molecule has 0 saturated heterocycles. The number of nitrogens with zero attached hydrogens (tertiary/aromatic N) is 1. The van der Waals surface area contributed by atoms with Crippen molar-refractivity contribution in [2.45, 2.75) is 95.3 Å². The van der Waals surface area contributed by atoms with E-state index in [0.29, 0.717) is 12.6 Å². The molecular weight excluding hydrogens is 298 g/mol. The fraction of sp³-hybridized carbons (Fsp3) is 1.00. The van der Waals surface area contributed by atoms with Crippen LogP contribution in [0.4, 0.5) is 0 Å². The molecule has 0 aliphatic heterocycles. The molecule has 0 unspecified atom stereocenters. The third-order valence-corrected chi connectivity index (χ3v) is 7.51. The Hall–Kier alpha value is -0.120. The molecule has 5 rings (SSSR count). The van der Waals surface area contributed by atoms with Crippen molar-refractivity contribution < 1.29 is 9.84 Å². The highest BCUT2D eigenvalue weighted by Crippen LogP contribution is 2.57. The van der Waals surface area contributed by atoms with Gasteiger partial charge in [0.2, 0.25) is 0 Å². The standard InChI is InChI=1S/C21H37NO2/c1-2-22(19-6-4-3-5-7-19)14-20(23)15-24-21-11-16-8-17(12-21)10-18(9-16)13-21/h16-20,23H,2-15H2,1H3/t16?,17?,18?,20-,21?/m0/s1. The third-order valence-electron chi connectivity index (χ3n) is 7.51. The van der Waals surface area contributed by atoms with Gasteiger partial charge in [0.1, 0.15) is 0 Å². The maximum Gasteiger partial charge on any atom is 0.0900 e. The van der Waals surface area contributed by atoms with Crippen LogP contribution in [0.5, 0.6) is 0 Å². The van der Waals surface area contributed by atoms with Crippen molar-refractivity contribution in [3.63, 3.8) is 0 Å². The van der Waals surface area contributed by atoms with Gasteiger partial charge in [0.15, 0.2) is 0 Å². The van der Waals surface area contributed by atoms with Gasteiger partial charge in [-0.25, -0.2) is 0 Å². The summed E-state index contributed by atoms with van der Waals surface area (Å²) in [6.45, 7) is 4.64. The lowest BCUT2D eigenvalue weighted by Gasteiger charge is -2.56. The Balaban J connectivity index is 1.27. The summed E-state index contributed by atoms with van der Waals surface area (Å²) in [5, 5.41) is 10.6. The molecule has 0 amide bonds. The van der Waals surface area contributed by atoms with Gasteiger partial charge in [0.25, 0.3) is 0 Å². The molecular formula is C21H37NO2. The predicted molar refractivity (Wildman–Crippen MR) is 97.0 cm³/mol. The SMILES string of the molecule is CCN(C[C@H](O)COC12CC3CC(CC(C3)C1)C2)C1CCCCC1. The number of likely N-dealkylation sites (N-methyl/N-ethyl adjacent to an activating group) is 1. The largest absolute Gasteiger partial charge is 0.389 e. The second-order valence-corrected chi connectivity index (χ2v) is 9.44. The molecule has 3 nitrogen and oxygen atoms in total. The summed E-state index contributed by atoms with van der Waals surface area (Å²) < 4.78 is 6.46. The number of rotatable bonds is 7. The van der Waals surface area contributed by atoms with Crippen LogP contribution in [-0.4, -0.2) is 47.4 Å². The van der Waals surface area contributed by atoms with Crippen molar-refractivity contribution in [3.8, 4) is 0 Å². The molecule has 0 aromatic heterocycles. The molecule has 5 aliphatic carbocycles. The molecule has 5 saturated carbocycles. The zero-order valence-electron chi connectivity index (χ0n) is 15.6. The van der Waals surface area contributed by atoms with Gasteiger partial charge >= 0.3 is 0 Å². The molecule has 4 bridgehead atoms. The first-order valence-electron chi connectivity index (χ1n) is 10.7. The highest BCUT2D eigenvalue weighted by molar-refractivity contribution is 5.03. The number of ether oxygens (including phenoxy) is 1. The summed E-state index contributed by atoms with van der Waals surface area (Å²) in [7, 11) is 0. The van der Waals surface area contributed by atoms with E-state index in [0.717, 1.165) is 30.8 Å². The van der Waals surface area contributed by atoms with Gasteiger partial charge in [-0.3, -0.25) is 4.90 Å². The van der Waals surface area contributed by atoms with Crippen molar-refractivity contribution in [2.75, 3.05) is 19.7 Å². The molecule has 0 aromatic carbocycles. The van der Waals surface area contributed by atoms with Crippen LogP contribution in [0, 0.1) is 17.8 Å². The molecule has 24 heavy (non-hydrogen) atoms. The second-order valence-electron chi connectivity index (χ2n) is 9.44. The molecule has 1 atom stereocenters. The van der Waals surface area contributed by atoms with E-state index in [1.165, 1.54) is 70.6 Å². The summed E-state index contributed by atoms with van der Waals surface area (Å²) in [4.78, 5) is 2.51. The monoisotopic (exact) mass is 335 g/mol. The van der Waals surface area contributed by atoms with Crippen molar-refractivity contribution in [3.05, 3.63) is 0 Å². The maximum atomic E-state index is 10.6. The van der Waals surface area contributed by atoms with Crippen LogP contribution in [0.2, 0.25) is 0 Å². The highest BCUT2D eigenvalue weighted by Gasteiger charge is 2.51. The van der Waals surface area contributed by atoms with Gasteiger partial charge in [-0.1, -0.05) is 26.2 Å². The van der Waals surface area contributed by atoms with E-state index >= 15 is 0 Å². The lowest BCUT2D eigenvalue weighted by molar-refractivity contribution is -0.176. The molecule has 5 aliphatic rings. The van der Waals surface area contributed by atoms with Crippen LogP contribution < -0.4 is 0 Å². The lowest BCUT2D eigenvalue weighted by atomic mass is 9.54. The molecule has 0 heterocycles. The average Bonchev–Trinajstić information content (AvgIpc) is 2.57. The minimum absolute atomic E-state index is 0.137. The van der Waals surface area contributed by atoms with E-state index in [1.54, 1.807) is 0 Å². The fourth-order valence-corrected chi connectivity index (χ4v) is 6.79. The lowest BCUT2D eigenvalue weighted by Crippen LogP contribution is -2.53. The highest BCUT2D eigenvalue weighted by atomic mass is 16.5. The van der Waals surface area contributed by atoms with Crippen LogP contribution in [0.25, 0.3) is 0 Å². The second kappa shape index (κ2) is 7.25. The molecule has 0 spiro atoms. The first kappa shape index (κ1) is 17.3. The van der Waals surface area contributed by atoms with Gasteiger partial charge in [-0.15, -0.1) is 0 Å². The van der Waals surface area contributed by atoms with E-state index in [2.05, 4.69) is 11.8 Å². The Labute approximate surface area is 148 Å². The van der Waals surface area contributed by atoms with E-state index in [4.69, 9.17) is 4.74 Å². The van der Waals surface area contributed by atoms with Crippen LogP contribution >= 0.6 is 0 Å². The number of hydrogen-bond donors (Lipinski definition) is 1. The minimum Gasteiger partial charge on any atom is -0.389 e. The first-order valence-corrected chi connectivity index (χ1v) is 10.7. The zero-order valence-corrected chi connectivity index (χ0v) is 15.6. The smallest absolute Gasteiger partial charge is 0.0900 e. The molecule has 138 valence electrons. The summed E-state index contributed by atoms with van der Waals surface area (Å²) in [6, 6.07) is 0.693. The Bertz CT molecular complexity index is 383. The molecule has 3 heteroatoms. The Morgan fingerprint density at radius 3 is 2.12 bits per heavy atom. The van der Waals surface area contributed by atoms with Gasteiger partial charge in [0, 0.05) is 12.6 Å². The Morgan fingerprint density at radius 2 is 1.58 bits per heavy atom. The van der Waals surface area contributed by atoms with Crippen molar-refractivity contribution in [1.82, 2.24) is 4.90 Å². The van der Waals surface area contributed by atoms with Gasteiger partial charge in [0.05, 0.1) is 18.3 Å². The van der Waals surface area contributed by atoms with Crippen LogP contribution in [-0.2, 0) is 4.74 Å². The minimum atomic E-state index is -0.320. The van der Waals surface area contributed by atoms with Gasteiger partial charge < -0.3 is 9.84 Å². The molecule has 0 radical (unpaired) electrons. The van der Waals surface area contributed by atoms with Crippen LogP contribution in [0.15, 0.2) is 0 Å².